The van der Waals surface area contributed by atoms with Crippen LogP contribution in [0.1, 0.15) is 23.6 Å². The topological polar surface area (TPSA) is 172 Å². The van der Waals surface area contributed by atoms with E-state index in [9.17, 15) is 42.9 Å². The van der Waals surface area contributed by atoms with Crippen molar-refractivity contribution in [1.82, 2.24) is 14.9 Å². The highest BCUT2D eigenvalue weighted by atomic mass is 19.4. The first-order valence-electron chi connectivity index (χ1n) is 14.4. The minimum Gasteiger partial charge on any atom is -0.497 e. The molecule has 1 aromatic heterocycles. The van der Waals surface area contributed by atoms with E-state index >= 15 is 0 Å². The molecule has 0 spiro atoms. The number of nitrogens with one attached hydrogen (secondary N) is 2. The molecule has 254 valence electrons. The molecule has 5 atom stereocenters. The monoisotopic (exact) mass is 671 g/mol. The molecule has 3 aromatic carbocycles. The number of aromatic amines is 1. The van der Waals surface area contributed by atoms with Gasteiger partial charge >= 0.3 is 17.8 Å². The molecule has 4 aromatic rings. The van der Waals surface area contributed by atoms with Gasteiger partial charge in [0.25, 0.3) is 5.56 Å². The fourth-order valence-corrected chi connectivity index (χ4v) is 6.77. The molecule has 1 aliphatic rings. The molecule has 0 bridgehead atoms. The quantitative estimate of drug-likeness (QED) is 0.131. The van der Waals surface area contributed by atoms with Crippen LogP contribution < -0.4 is 26.0 Å². The van der Waals surface area contributed by atoms with E-state index in [4.69, 9.17) is 14.2 Å². The Morgan fingerprint density at radius 1 is 0.958 bits per heavy atom. The van der Waals surface area contributed by atoms with Crippen molar-refractivity contribution >= 4 is 5.91 Å². The number of ether oxygens (including phenoxy) is 3. The minimum atomic E-state index is -5.64. The first-order valence-corrected chi connectivity index (χ1v) is 14.4. The summed E-state index contributed by atoms with van der Waals surface area (Å²) in [5, 5.41) is 39.0. The van der Waals surface area contributed by atoms with Gasteiger partial charge in [0, 0.05) is 17.8 Å². The van der Waals surface area contributed by atoms with Gasteiger partial charge in [-0.1, -0.05) is 60.7 Å². The number of benzene rings is 3. The Hall–Kier alpha value is -4.96. The van der Waals surface area contributed by atoms with Crippen molar-refractivity contribution in [2.24, 2.45) is 0 Å². The number of aliphatic hydroxyl groups excluding tert-OH is 1. The van der Waals surface area contributed by atoms with Gasteiger partial charge in [0.2, 0.25) is 5.72 Å². The number of para-hydroxylation sites is 1. The number of halogens is 3. The van der Waals surface area contributed by atoms with Crippen LogP contribution in [0.2, 0.25) is 0 Å². The van der Waals surface area contributed by atoms with Crippen LogP contribution in [0.3, 0.4) is 0 Å². The smallest absolute Gasteiger partial charge is 0.471 e. The second kappa shape index (κ2) is 12.2. The summed E-state index contributed by atoms with van der Waals surface area (Å²) < 4.78 is 60.2. The number of alkyl halides is 3. The lowest BCUT2D eigenvalue weighted by Crippen LogP contribution is -2.79. The molecule has 5 N–H and O–H groups in total. The highest BCUT2D eigenvalue weighted by Crippen LogP contribution is 2.62. The minimum absolute atomic E-state index is 0.0363. The zero-order valence-corrected chi connectivity index (χ0v) is 25.8. The summed E-state index contributed by atoms with van der Waals surface area (Å²) in [7, 11) is 2.66. The summed E-state index contributed by atoms with van der Waals surface area (Å²) in [5.41, 5.74) is -14.1. The number of methoxy groups -OCH3 is 2. The van der Waals surface area contributed by atoms with Crippen LogP contribution >= 0.6 is 0 Å². The summed E-state index contributed by atoms with van der Waals surface area (Å²) in [4.78, 5) is 40.1. The van der Waals surface area contributed by atoms with Crippen molar-refractivity contribution in [3.05, 3.63) is 129 Å². The maximum Gasteiger partial charge on any atom is 0.471 e. The van der Waals surface area contributed by atoms with Gasteiger partial charge in [-0.15, -0.1) is 0 Å². The Labute approximate surface area is 271 Å². The highest BCUT2D eigenvalue weighted by Gasteiger charge is 2.81. The highest BCUT2D eigenvalue weighted by molar-refractivity contribution is 5.83. The summed E-state index contributed by atoms with van der Waals surface area (Å²) in [6.45, 7) is -0.254. The Balaban J connectivity index is 2.07. The van der Waals surface area contributed by atoms with Crippen LogP contribution in [-0.4, -0.2) is 75.2 Å². The van der Waals surface area contributed by atoms with Gasteiger partial charge in [-0.3, -0.25) is 19.1 Å². The molecule has 1 unspecified atom stereocenters. The number of nitrogens with zero attached hydrogens (tertiary/aromatic N) is 1. The van der Waals surface area contributed by atoms with Crippen molar-refractivity contribution in [1.29, 1.82) is 0 Å². The number of hydrogen-bond donors (Lipinski definition) is 5. The number of aliphatic hydroxyl groups is 3. The average molecular weight is 672 g/mol. The maximum atomic E-state index is 14.1. The van der Waals surface area contributed by atoms with Crippen LogP contribution in [0.5, 0.6) is 11.5 Å². The molecule has 48 heavy (non-hydrogen) atoms. The van der Waals surface area contributed by atoms with E-state index in [2.05, 4.69) is 0 Å². The van der Waals surface area contributed by atoms with Gasteiger partial charge in [-0.2, -0.15) is 13.2 Å². The Kier molecular flexibility index (Phi) is 8.77. The van der Waals surface area contributed by atoms with E-state index in [1.165, 1.54) is 56.7 Å². The van der Waals surface area contributed by atoms with Crippen molar-refractivity contribution in [3.63, 3.8) is 0 Å². The zero-order chi connectivity index (χ0) is 35.1. The lowest BCUT2D eigenvalue weighted by molar-refractivity contribution is -0.239. The summed E-state index contributed by atoms with van der Waals surface area (Å²) in [6, 6.07) is 20.7. The molecule has 0 saturated carbocycles. The number of hydrogen-bond acceptors (Lipinski definition) is 9. The molecule has 1 aliphatic heterocycles. The lowest BCUT2D eigenvalue weighted by Gasteiger charge is -2.55. The maximum absolute atomic E-state index is 14.1. The summed E-state index contributed by atoms with van der Waals surface area (Å²) in [6.07, 6.45) is -6.91. The van der Waals surface area contributed by atoms with Crippen molar-refractivity contribution < 1.29 is 47.5 Å². The normalized spacial score (nSPS) is 25.2. The first kappa shape index (κ1) is 34.4. The molecule has 1 amide bonds. The van der Waals surface area contributed by atoms with Crippen LogP contribution in [0.25, 0.3) is 0 Å². The van der Waals surface area contributed by atoms with Gasteiger partial charge in [-0.25, -0.2) is 4.79 Å². The third-order valence-electron chi connectivity index (χ3n) is 8.85. The molecule has 0 aliphatic carbocycles. The molecule has 15 heteroatoms. The molecule has 0 radical (unpaired) electrons. The third-order valence-corrected chi connectivity index (χ3v) is 8.85. The van der Waals surface area contributed by atoms with E-state index in [0.717, 1.165) is 19.2 Å². The van der Waals surface area contributed by atoms with Gasteiger partial charge in [0.1, 0.15) is 17.6 Å². The van der Waals surface area contributed by atoms with Crippen LogP contribution in [0.4, 0.5) is 13.2 Å². The standard InChI is InChI=1S/C33H32F3N3O9/c1-29(39-17-16-26(41)37-28(39)43)33(45,38-27(42)32(34,35)36)31(44,25(19-40)48-29)30(20-10-5-4-6-11-20,21-12-9-13-22(18-21)46-2)23-14-7-8-15-24(23)47-3/h4-18,25,40,44-45H,19H2,1-3H3,(H,38,42)(H,37,41,43)/t25-,29-,30?,31+,33+/m1/s1. The predicted octanol–water partition coefficient (Wildman–Crippen LogP) is 1.75. The van der Waals surface area contributed by atoms with Crippen LogP contribution in [0.15, 0.2) is 101 Å². The van der Waals surface area contributed by atoms with Gasteiger partial charge in [0.15, 0.2) is 11.3 Å². The fourth-order valence-electron chi connectivity index (χ4n) is 6.77. The van der Waals surface area contributed by atoms with Crippen molar-refractivity contribution in [2.75, 3.05) is 20.8 Å². The molecule has 2 heterocycles. The predicted molar refractivity (Wildman–Crippen MR) is 163 cm³/mol. The number of aromatic nitrogens is 2. The molecule has 1 fully saturated rings. The SMILES string of the molecule is COc1cccc(C(c2ccccc2)(c2ccccc2OC)[C@@]2(O)[C@@H](CO)O[C@@](C)(n3ccc(=O)[nH]c3=O)[C@@]2(O)NC(=O)C(F)(F)F)c1. The Bertz CT molecular complexity index is 1930. The second-order valence-electron chi connectivity index (χ2n) is 11.2. The number of amides is 1. The molecular weight excluding hydrogens is 639 g/mol. The van der Waals surface area contributed by atoms with E-state index in [-0.39, 0.29) is 28.2 Å². The number of carbonyl (C=O) groups excluding carboxylic acids is 1. The Morgan fingerprint density at radius 3 is 2.21 bits per heavy atom. The van der Waals surface area contributed by atoms with E-state index in [1.807, 2.05) is 4.98 Å². The lowest BCUT2D eigenvalue weighted by atomic mass is 9.53. The number of rotatable bonds is 9. The van der Waals surface area contributed by atoms with Crippen LogP contribution in [-0.2, 0) is 20.7 Å². The molecule has 5 rings (SSSR count). The number of H-pyrrole nitrogens is 1. The van der Waals surface area contributed by atoms with Crippen molar-refractivity contribution in [3.8, 4) is 11.5 Å². The summed E-state index contributed by atoms with van der Waals surface area (Å²) >= 11 is 0. The van der Waals surface area contributed by atoms with Gasteiger partial charge in [0.05, 0.1) is 26.2 Å². The Morgan fingerprint density at radius 2 is 1.60 bits per heavy atom. The summed E-state index contributed by atoms with van der Waals surface area (Å²) in [5.74, 6) is -2.44. The van der Waals surface area contributed by atoms with E-state index < -0.39 is 58.5 Å². The molecule has 1 saturated heterocycles. The average Bonchev–Trinajstić information content (AvgIpc) is 3.24. The second-order valence-corrected chi connectivity index (χ2v) is 11.2. The van der Waals surface area contributed by atoms with E-state index in [0.29, 0.717) is 4.57 Å². The largest absolute Gasteiger partial charge is 0.497 e. The molecule has 12 nitrogen and oxygen atoms in total. The van der Waals surface area contributed by atoms with Gasteiger partial charge in [-0.05, 0) is 36.2 Å². The van der Waals surface area contributed by atoms with E-state index in [1.54, 1.807) is 41.7 Å². The van der Waals surface area contributed by atoms with Crippen molar-refractivity contribution in [2.45, 2.75) is 41.7 Å². The van der Waals surface area contributed by atoms with Crippen LogP contribution in [0, 0.1) is 0 Å². The zero-order valence-electron chi connectivity index (χ0n) is 25.8. The molecular formula is C33H32F3N3O9. The first-order chi connectivity index (χ1) is 22.6. The number of carbonyl (C=O) groups is 1. The fraction of sp³-hybridized carbons (Fsp3) is 0.303. The van der Waals surface area contributed by atoms with Gasteiger partial charge < -0.3 is 34.8 Å². The third kappa shape index (κ3) is 4.89.